The van der Waals surface area contributed by atoms with Gasteiger partial charge in [0, 0.05) is 25.1 Å². The SMILES string of the molecule is CCc1oc(C(=O)N2CCCC2CCCc2ccccc2)cc1C(=O)O. The molecule has 1 aliphatic heterocycles. The molecule has 0 spiro atoms. The van der Waals surface area contributed by atoms with Gasteiger partial charge >= 0.3 is 5.97 Å². The summed E-state index contributed by atoms with van der Waals surface area (Å²) in [6, 6.07) is 11.9. The van der Waals surface area contributed by atoms with Crippen LogP contribution in [-0.2, 0) is 12.8 Å². The van der Waals surface area contributed by atoms with E-state index in [-0.39, 0.29) is 23.3 Å². The number of amides is 1. The number of carbonyl (C=O) groups excluding carboxylic acids is 1. The van der Waals surface area contributed by atoms with E-state index >= 15 is 0 Å². The fraction of sp³-hybridized carbons (Fsp3) is 0.429. The van der Waals surface area contributed by atoms with Gasteiger partial charge in [0.2, 0.25) is 0 Å². The average Bonchev–Trinajstić information content (AvgIpc) is 3.29. The van der Waals surface area contributed by atoms with Crippen LogP contribution in [0, 0.1) is 0 Å². The molecule has 2 heterocycles. The highest BCUT2D eigenvalue weighted by atomic mass is 16.4. The van der Waals surface area contributed by atoms with Crippen molar-refractivity contribution in [2.24, 2.45) is 0 Å². The normalized spacial score (nSPS) is 16.8. The van der Waals surface area contributed by atoms with Crippen molar-refractivity contribution in [2.45, 2.75) is 51.5 Å². The molecule has 0 aliphatic carbocycles. The molecule has 1 N–H and O–H groups in total. The molecule has 1 amide bonds. The van der Waals surface area contributed by atoms with Gasteiger partial charge in [-0.25, -0.2) is 4.79 Å². The number of hydrogen-bond donors (Lipinski definition) is 1. The van der Waals surface area contributed by atoms with Gasteiger partial charge in [0.1, 0.15) is 11.3 Å². The van der Waals surface area contributed by atoms with E-state index in [9.17, 15) is 14.7 Å². The minimum absolute atomic E-state index is 0.0932. The molecular formula is C21H25NO4. The second kappa shape index (κ2) is 8.21. The third kappa shape index (κ3) is 3.98. The minimum atomic E-state index is -1.05. The molecule has 5 nitrogen and oxygen atoms in total. The summed E-state index contributed by atoms with van der Waals surface area (Å²) in [5.74, 6) is -0.727. The second-order valence-corrected chi connectivity index (χ2v) is 6.78. The number of carboxylic acids is 1. The lowest BCUT2D eigenvalue weighted by atomic mass is 10.0. The van der Waals surface area contributed by atoms with E-state index in [2.05, 4.69) is 12.1 Å². The highest BCUT2D eigenvalue weighted by Gasteiger charge is 2.31. The Balaban J connectivity index is 1.64. The van der Waals surface area contributed by atoms with E-state index in [1.807, 2.05) is 30.0 Å². The molecule has 5 heteroatoms. The molecule has 0 radical (unpaired) electrons. The van der Waals surface area contributed by atoms with Crippen LogP contribution < -0.4 is 0 Å². The third-order valence-electron chi connectivity index (χ3n) is 5.05. The summed E-state index contributed by atoms with van der Waals surface area (Å²) in [6.07, 6.45) is 5.41. The molecule has 0 bridgehead atoms. The maximum atomic E-state index is 12.8. The first-order valence-corrected chi connectivity index (χ1v) is 9.31. The van der Waals surface area contributed by atoms with Gasteiger partial charge in [-0.2, -0.15) is 0 Å². The van der Waals surface area contributed by atoms with Crippen molar-refractivity contribution in [2.75, 3.05) is 6.54 Å². The number of benzene rings is 1. The highest BCUT2D eigenvalue weighted by Crippen LogP contribution is 2.26. The van der Waals surface area contributed by atoms with Crippen molar-refractivity contribution in [3.8, 4) is 0 Å². The van der Waals surface area contributed by atoms with Crippen LogP contribution in [0.25, 0.3) is 0 Å². The Morgan fingerprint density at radius 3 is 2.69 bits per heavy atom. The van der Waals surface area contributed by atoms with Crippen LogP contribution in [0.15, 0.2) is 40.8 Å². The van der Waals surface area contributed by atoms with Gasteiger partial charge in [0.15, 0.2) is 5.76 Å². The molecule has 0 saturated carbocycles. The smallest absolute Gasteiger partial charge is 0.339 e. The van der Waals surface area contributed by atoms with Crippen LogP contribution in [0.4, 0.5) is 0 Å². The first kappa shape index (κ1) is 18.2. The molecule has 1 unspecified atom stereocenters. The van der Waals surface area contributed by atoms with Gasteiger partial charge < -0.3 is 14.4 Å². The summed E-state index contributed by atoms with van der Waals surface area (Å²) >= 11 is 0. The van der Waals surface area contributed by atoms with Crippen LogP contribution in [0.5, 0.6) is 0 Å². The summed E-state index contributed by atoms with van der Waals surface area (Å²) in [5.41, 5.74) is 1.41. The molecule has 1 atom stereocenters. The number of nitrogens with zero attached hydrogens (tertiary/aromatic N) is 1. The lowest BCUT2D eigenvalue weighted by Crippen LogP contribution is -2.35. The van der Waals surface area contributed by atoms with Crippen molar-refractivity contribution in [3.63, 3.8) is 0 Å². The number of rotatable bonds is 7. The van der Waals surface area contributed by atoms with Gasteiger partial charge in [-0.3, -0.25) is 4.79 Å². The molecule has 3 rings (SSSR count). The highest BCUT2D eigenvalue weighted by molar-refractivity contribution is 5.96. The number of likely N-dealkylation sites (tertiary alicyclic amines) is 1. The number of hydrogen-bond acceptors (Lipinski definition) is 3. The molecule has 2 aromatic rings. The summed E-state index contributed by atoms with van der Waals surface area (Å²) < 4.78 is 5.55. The quantitative estimate of drug-likeness (QED) is 0.809. The summed E-state index contributed by atoms with van der Waals surface area (Å²) in [6.45, 7) is 2.53. The van der Waals surface area contributed by atoms with Crippen molar-refractivity contribution in [1.29, 1.82) is 0 Å². The minimum Gasteiger partial charge on any atom is -0.478 e. The molecule has 1 fully saturated rings. The van der Waals surface area contributed by atoms with E-state index in [0.29, 0.717) is 18.7 Å². The maximum Gasteiger partial charge on any atom is 0.339 e. The second-order valence-electron chi connectivity index (χ2n) is 6.78. The zero-order valence-electron chi connectivity index (χ0n) is 15.1. The Hall–Kier alpha value is -2.56. The molecule has 138 valence electrons. The molecule has 1 aromatic heterocycles. The summed E-state index contributed by atoms with van der Waals surface area (Å²) in [7, 11) is 0. The molecule has 1 aromatic carbocycles. The van der Waals surface area contributed by atoms with Crippen LogP contribution in [0.3, 0.4) is 0 Å². The van der Waals surface area contributed by atoms with Crippen molar-refractivity contribution in [3.05, 3.63) is 59.0 Å². The zero-order chi connectivity index (χ0) is 18.5. The Morgan fingerprint density at radius 1 is 1.27 bits per heavy atom. The first-order chi connectivity index (χ1) is 12.6. The predicted octanol–water partition coefficient (Wildman–Crippen LogP) is 4.17. The van der Waals surface area contributed by atoms with E-state index in [1.54, 1.807) is 0 Å². The van der Waals surface area contributed by atoms with Gasteiger partial charge in [0.25, 0.3) is 5.91 Å². The van der Waals surface area contributed by atoms with E-state index < -0.39 is 5.97 Å². The summed E-state index contributed by atoms with van der Waals surface area (Å²) in [4.78, 5) is 26.0. The van der Waals surface area contributed by atoms with E-state index in [4.69, 9.17) is 4.42 Å². The van der Waals surface area contributed by atoms with E-state index in [1.165, 1.54) is 11.6 Å². The Labute approximate surface area is 153 Å². The zero-order valence-corrected chi connectivity index (χ0v) is 15.1. The Kier molecular flexibility index (Phi) is 5.76. The molecule has 1 saturated heterocycles. The van der Waals surface area contributed by atoms with Crippen LogP contribution in [0.1, 0.15) is 64.8 Å². The summed E-state index contributed by atoms with van der Waals surface area (Å²) in [5, 5.41) is 9.25. The molecular weight excluding hydrogens is 330 g/mol. The fourth-order valence-corrected chi connectivity index (χ4v) is 3.71. The first-order valence-electron chi connectivity index (χ1n) is 9.31. The fourth-order valence-electron chi connectivity index (χ4n) is 3.71. The van der Waals surface area contributed by atoms with Gasteiger partial charge in [-0.15, -0.1) is 0 Å². The van der Waals surface area contributed by atoms with Gasteiger partial charge in [-0.1, -0.05) is 37.3 Å². The Bertz CT molecular complexity index is 766. The van der Waals surface area contributed by atoms with Gasteiger partial charge in [-0.05, 0) is 37.7 Å². The van der Waals surface area contributed by atoms with Crippen LogP contribution in [-0.4, -0.2) is 34.5 Å². The number of furan rings is 1. The van der Waals surface area contributed by atoms with Gasteiger partial charge in [0.05, 0.1) is 0 Å². The monoisotopic (exact) mass is 355 g/mol. The topological polar surface area (TPSA) is 70.8 Å². The van der Waals surface area contributed by atoms with Crippen LogP contribution in [0.2, 0.25) is 0 Å². The van der Waals surface area contributed by atoms with Crippen LogP contribution >= 0.6 is 0 Å². The average molecular weight is 355 g/mol. The molecule has 1 aliphatic rings. The maximum absolute atomic E-state index is 12.8. The largest absolute Gasteiger partial charge is 0.478 e. The number of aryl methyl sites for hydroxylation is 2. The lowest BCUT2D eigenvalue weighted by Gasteiger charge is -2.23. The van der Waals surface area contributed by atoms with Crippen molar-refractivity contribution in [1.82, 2.24) is 4.90 Å². The number of carbonyl (C=O) groups is 2. The number of carboxylic acid groups (broad SMARTS) is 1. The number of aromatic carboxylic acids is 1. The predicted molar refractivity (Wildman–Crippen MR) is 98.5 cm³/mol. The standard InChI is InChI=1S/C21H25NO4/c1-2-18-17(21(24)25)14-19(26-18)20(23)22-13-7-12-16(22)11-6-10-15-8-4-3-5-9-15/h3-5,8-9,14,16H,2,6-7,10-13H2,1H3,(H,24,25). The Morgan fingerprint density at radius 2 is 2.04 bits per heavy atom. The van der Waals surface area contributed by atoms with Crippen molar-refractivity contribution >= 4 is 11.9 Å². The molecule has 26 heavy (non-hydrogen) atoms. The third-order valence-corrected chi connectivity index (χ3v) is 5.05. The van der Waals surface area contributed by atoms with Crippen molar-refractivity contribution < 1.29 is 19.1 Å². The van der Waals surface area contributed by atoms with E-state index in [0.717, 1.165) is 32.1 Å². The lowest BCUT2D eigenvalue weighted by molar-refractivity contribution is 0.0684.